The fraction of sp³-hybridized carbons (Fsp3) is 0.273. The Balaban J connectivity index is 2.86. The van der Waals surface area contributed by atoms with Gasteiger partial charge in [-0.1, -0.05) is 29.9 Å². The van der Waals surface area contributed by atoms with Gasteiger partial charge in [-0.2, -0.15) is 0 Å². The van der Waals surface area contributed by atoms with Crippen molar-refractivity contribution < 1.29 is 0 Å². The Labute approximate surface area is 68.6 Å². The summed E-state index contributed by atoms with van der Waals surface area (Å²) in [7, 11) is 0. The van der Waals surface area contributed by atoms with Crippen molar-refractivity contribution in [2.45, 2.75) is 20.3 Å². The van der Waals surface area contributed by atoms with E-state index in [9.17, 15) is 0 Å². The molecule has 0 aromatic heterocycles. The summed E-state index contributed by atoms with van der Waals surface area (Å²) in [4.78, 5) is 0. The zero-order valence-electron chi connectivity index (χ0n) is 7.22. The standard InChI is InChI=1S/C11H14/c1-4-6-10-7-5-8-11(10)9(2)3/h4-5,7-8H,1,6H2,2-3H3. The maximum Gasteiger partial charge on any atom is -0.00942 e. The van der Waals surface area contributed by atoms with Gasteiger partial charge >= 0.3 is 0 Å². The summed E-state index contributed by atoms with van der Waals surface area (Å²) < 4.78 is 0. The van der Waals surface area contributed by atoms with Crippen molar-refractivity contribution in [3.05, 3.63) is 47.6 Å². The fourth-order valence-corrected chi connectivity index (χ4v) is 1.28. The van der Waals surface area contributed by atoms with Gasteiger partial charge in [0.15, 0.2) is 0 Å². The lowest BCUT2D eigenvalue weighted by molar-refractivity contribution is 1.22. The molecule has 0 bridgehead atoms. The molecule has 0 radical (unpaired) electrons. The second kappa shape index (κ2) is 3.38. The lowest BCUT2D eigenvalue weighted by atomic mass is 10.0. The Morgan fingerprint density at radius 1 is 1.55 bits per heavy atom. The normalized spacial score (nSPS) is 15.1. The van der Waals surface area contributed by atoms with Gasteiger partial charge in [0, 0.05) is 0 Å². The first kappa shape index (κ1) is 8.06. The first-order valence-electron chi connectivity index (χ1n) is 3.91. The van der Waals surface area contributed by atoms with Crippen molar-refractivity contribution in [3.63, 3.8) is 0 Å². The monoisotopic (exact) mass is 146 g/mol. The lowest BCUT2D eigenvalue weighted by Crippen LogP contribution is -1.83. The van der Waals surface area contributed by atoms with Crippen LogP contribution in [-0.4, -0.2) is 0 Å². The Morgan fingerprint density at radius 2 is 2.27 bits per heavy atom. The highest BCUT2D eigenvalue weighted by molar-refractivity contribution is 5.50. The maximum atomic E-state index is 3.73. The van der Waals surface area contributed by atoms with Crippen LogP contribution < -0.4 is 0 Å². The molecule has 1 aliphatic rings. The summed E-state index contributed by atoms with van der Waals surface area (Å²) in [5, 5.41) is 0. The van der Waals surface area contributed by atoms with Crippen LogP contribution in [0.5, 0.6) is 0 Å². The molecule has 0 unspecified atom stereocenters. The minimum atomic E-state index is 0.980. The molecule has 0 aliphatic heterocycles. The van der Waals surface area contributed by atoms with E-state index in [1.165, 1.54) is 16.7 Å². The molecule has 1 rings (SSSR count). The summed E-state index contributed by atoms with van der Waals surface area (Å²) in [6.07, 6.45) is 9.34. The molecule has 0 saturated carbocycles. The summed E-state index contributed by atoms with van der Waals surface area (Å²) in [6.45, 7) is 8.01. The van der Waals surface area contributed by atoms with Crippen LogP contribution in [0.4, 0.5) is 0 Å². The van der Waals surface area contributed by atoms with Gasteiger partial charge in [-0.3, -0.25) is 0 Å². The van der Waals surface area contributed by atoms with Gasteiger partial charge in [-0.05, 0) is 31.4 Å². The van der Waals surface area contributed by atoms with E-state index in [0.29, 0.717) is 0 Å². The second-order valence-electron chi connectivity index (χ2n) is 2.96. The smallest absolute Gasteiger partial charge is 0.00942 e. The lowest BCUT2D eigenvalue weighted by Gasteiger charge is -2.03. The highest BCUT2D eigenvalue weighted by Crippen LogP contribution is 2.24. The molecule has 0 N–H and O–H groups in total. The van der Waals surface area contributed by atoms with Crippen LogP contribution in [0.3, 0.4) is 0 Å². The van der Waals surface area contributed by atoms with Crippen LogP contribution in [0.1, 0.15) is 20.3 Å². The van der Waals surface area contributed by atoms with Crippen LogP contribution in [0.2, 0.25) is 0 Å². The Morgan fingerprint density at radius 3 is 2.82 bits per heavy atom. The zero-order valence-corrected chi connectivity index (χ0v) is 7.22. The van der Waals surface area contributed by atoms with Crippen LogP contribution in [-0.2, 0) is 0 Å². The summed E-state index contributed by atoms with van der Waals surface area (Å²) in [6, 6.07) is 0. The average molecular weight is 146 g/mol. The third kappa shape index (κ3) is 1.70. The summed E-state index contributed by atoms with van der Waals surface area (Å²) in [5.74, 6) is 0. The molecular formula is C11H14. The zero-order chi connectivity index (χ0) is 8.27. The predicted molar refractivity (Wildman–Crippen MR) is 50.4 cm³/mol. The molecule has 1 aliphatic carbocycles. The van der Waals surface area contributed by atoms with Crippen LogP contribution >= 0.6 is 0 Å². The maximum absolute atomic E-state index is 3.73. The van der Waals surface area contributed by atoms with Crippen LogP contribution in [0.25, 0.3) is 0 Å². The number of hydrogen-bond acceptors (Lipinski definition) is 0. The van der Waals surface area contributed by atoms with Gasteiger partial charge in [0.1, 0.15) is 0 Å². The Hall–Kier alpha value is -1.04. The molecule has 0 amide bonds. The number of hydrogen-bond donors (Lipinski definition) is 0. The van der Waals surface area contributed by atoms with Crippen molar-refractivity contribution in [2.75, 3.05) is 0 Å². The van der Waals surface area contributed by atoms with Gasteiger partial charge in [0.25, 0.3) is 0 Å². The molecule has 58 valence electrons. The van der Waals surface area contributed by atoms with Gasteiger partial charge in [0.2, 0.25) is 0 Å². The largest absolute Gasteiger partial charge is 0.103 e. The molecule has 0 fully saturated rings. The quantitative estimate of drug-likeness (QED) is 0.524. The topological polar surface area (TPSA) is 0 Å². The van der Waals surface area contributed by atoms with Crippen LogP contribution in [0, 0.1) is 0 Å². The third-order valence-corrected chi connectivity index (χ3v) is 1.81. The molecule has 0 spiro atoms. The van der Waals surface area contributed by atoms with E-state index in [1.54, 1.807) is 0 Å². The molecule has 0 heteroatoms. The molecule has 0 heterocycles. The minimum Gasteiger partial charge on any atom is -0.103 e. The number of allylic oxidation sites excluding steroid dienone is 7. The van der Waals surface area contributed by atoms with E-state index in [4.69, 9.17) is 0 Å². The summed E-state index contributed by atoms with van der Waals surface area (Å²) in [5.41, 5.74) is 4.15. The van der Waals surface area contributed by atoms with Crippen molar-refractivity contribution in [3.8, 4) is 0 Å². The fourth-order valence-electron chi connectivity index (χ4n) is 1.28. The average Bonchev–Trinajstić information content (AvgIpc) is 2.36. The van der Waals surface area contributed by atoms with E-state index in [1.807, 2.05) is 6.08 Å². The van der Waals surface area contributed by atoms with Gasteiger partial charge < -0.3 is 0 Å². The minimum absolute atomic E-state index is 0.980. The predicted octanol–water partition coefficient (Wildman–Crippen LogP) is 3.40. The van der Waals surface area contributed by atoms with E-state index >= 15 is 0 Å². The van der Waals surface area contributed by atoms with Gasteiger partial charge in [0.05, 0.1) is 0 Å². The highest BCUT2D eigenvalue weighted by Gasteiger charge is 2.04. The van der Waals surface area contributed by atoms with E-state index in [0.717, 1.165) is 6.42 Å². The van der Waals surface area contributed by atoms with Crippen molar-refractivity contribution in [2.24, 2.45) is 0 Å². The molecule has 0 aromatic carbocycles. The molecule has 0 saturated heterocycles. The van der Waals surface area contributed by atoms with Gasteiger partial charge in [-0.15, -0.1) is 6.58 Å². The number of rotatable bonds is 2. The van der Waals surface area contributed by atoms with Crippen molar-refractivity contribution >= 4 is 0 Å². The Kier molecular flexibility index (Phi) is 2.48. The van der Waals surface area contributed by atoms with E-state index in [-0.39, 0.29) is 0 Å². The van der Waals surface area contributed by atoms with Gasteiger partial charge in [-0.25, -0.2) is 0 Å². The molecule has 0 nitrogen and oxygen atoms in total. The van der Waals surface area contributed by atoms with Crippen molar-refractivity contribution in [1.82, 2.24) is 0 Å². The van der Waals surface area contributed by atoms with E-state index in [2.05, 4.69) is 38.7 Å². The first-order chi connectivity index (χ1) is 5.25. The molecular weight excluding hydrogens is 132 g/mol. The molecule has 0 atom stereocenters. The SMILES string of the molecule is C=CCC1=CC=CC1=C(C)C. The second-order valence-corrected chi connectivity index (χ2v) is 2.96. The highest BCUT2D eigenvalue weighted by atomic mass is 14.1. The third-order valence-electron chi connectivity index (χ3n) is 1.81. The van der Waals surface area contributed by atoms with Crippen LogP contribution in [0.15, 0.2) is 47.6 Å². The summed E-state index contributed by atoms with van der Waals surface area (Å²) >= 11 is 0. The van der Waals surface area contributed by atoms with Crippen molar-refractivity contribution in [1.29, 1.82) is 0 Å². The van der Waals surface area contributed by atoms with E-state index < -0.39 is 0 Å². The molecule has 11 heavy (non-hydrogen) atoms. The molecule has 0 aromatic rings. The Bertz CT molecular complexity index is 245. The first-order valence-corrected chi connectivity index (χ1v) is 3.91.